The zero-order valence-corrected chi connectivity index (χ0v) is 10.4. The van der Waals surface area contributed by atoms with Crippen molar-refractivity contribution in [3.8, 4) is 6.07 Å². The molecule has 0 spiro atoms. The molecule has 0 saturated heterocycles. The molecule has 0 heterocycles. The lowest BCUT2D eigenvalue weighted by Crippen LogP contribution is -2.29. The van der Waals surface area contributed by atoms with Crippen LogP contribution in [0.2, 0.25) is 0 Å². The van der Waals surface area contributed by atoms with E-state index in [1.54, 1.807) is 6.07 Å². The van der Waals surface area contributed by atoms with Crippen molar-refractivity contribution in [2.75, 3.05) is 11.9 Å². The third-order valence-corrected chi connectivity index (χ3v) is 2.87. The third kappa shape index (κ3) is 3.71. The van der Waals surface area contributed by atoms with E-state index in [0.717, 1.165) is 31.0 Å². The summed E-state index contributed by atoms with van der Waals surface area (Å²) < 4.78 is 37.5. The van der Waals surface area contributed by atoms with E-state index in [4.69, 9.17) is 5.26 Å². The van der Waals surface area contributed by atoms with Crippen LogP contribution in [0.3, 0.4) is 0 Å². The van der Waals surface area contributed by atoms with E-state index in [9.17, 15) is 18.0 Å². The molecule has 1 aliphatic carbocycles. The smallest absolute Gasteiger partial charge is 0.324 e. The molecule has 0 atom stereocenters. The SMILES string of the molecule is N#Cc1cc(C(F)(F)F)ccc1NC(=O)CNC1CC1. The Morgan fingerprint density at radius 3 is 2.65 bits per heavy atom. The van der Waals surface area contributed by atoms with Gasteiger partial charge in [-0.1, -0.05) is 0 Å². The normalized spacial score (nSPS) is 14.7. The van der Waals surface area contributed by atoms with E-state index in [-0.39, 0.29) is 23.7 Å². The van der Waals surface area contributed by atoms with Crippen LogP contribution >= 0.6 is 0 Å². The number of alkyl halides is 3. The summed E-state index contributed by atoms with van der Waals surface area (Å²) in [6.07, 6.45) is -2.46. The second-order valence-electron chi connectivity index (χ2n) is 4.57. The molecule has 1 saturated carbocycles. The van der Waals surface area contributed by atoms with E-state index in [0.29, 0.717) is 6.04 Å². The Kier molecular flexibility index (Phi) is 3.95. The van der Waals surface area contributed by atoms with Gasteiger partial charge in [-0.15, -0.1) is 0 Å². The van der Waals surface area contributed by atoms with Crippen LogP contribution in [-0.2, 0) is 11.0 Å². The van der Waals surface area contributed by atoms with Crippen molar-refractivity contribution >= 4 is 11.6 Å². The number of hydrogen-bond donors (Lipinski definition) is 2. The van der Waals surface area contributed by atoms with Gasteiger partial charge in [0.05, 0.1) is 23.4 Å². The molecule has 1 aromatic rings. The maximum absolute atomic E-state index is 12.5. The second-order valence-corrected chi connectivity index (χ2v) is 4.57. The summed E-state index contributed by atoms with van der Waals surface area (Å²) in [5.74, 6) is -0.381. The highest BCUT2D eigenvalue weighted by atomic mass is 19.4. The Balaban J connectivity index is 2.07. The Morgan fingerprint density at radius 1 is 1.40 bits per heavy atom. The molecule has 20 heavy (non-hydrogen) atoms. The van der Waals surface area contributed by atoms with Crippen molar-refractivity contribution in [1.82, 2.24) is 5.32 Å². The first-order chi connectivity index (χ1) is 9.40. The summed E-state index contributed by atoms with van der Waals surface area (Å²) in [5, 5.41) is 14.3. The quantitative estimate of drug-likeness (QED) is 0.891. The van der Waals surface area contributed by atoms with Crippen LogP contribution in [-0.4, -0.2) is 18.5 Å². The van der Waals surface area contributed by atoms with Gasteiger partial charge in [0.25, 0.3) is 0 Å². The number of amides is 1. The fraction of sp³-hybridized carbons (Fsp3) is 0.385. The van der Waals surface area contributed by atoms with E-state index in [2.05, 4.69) is 10.6 Å². The van der Waals surface area contributed by atoms with Crippen molar-refractivity contribution in [2.45, 2.75) is 25.1 Å². The molecule has 2 rings (SSSR count). The largest absolute Gasteiger partial charge is 0.416 e. The number of benzene rings is 1. The molecule has 1 amide bonds. The van der Waals surface area contributed by atoms with Gasteiger partial charge in [-0.25, -0.2) is 0 Å². The van der Waals surface area contributed by atoms with Crippen LogP contribution in [0, 0.1) is 11.3 Å². The third-order valence-electron chi connectivity index (χ3n) is 2.87. The molecule has 2 N–H and O–H groups in total. The molecule has 1 fully saturated rings. The van der Waals surface area contributed by atoms with Gasteiger partial charge in [0.2, 0.25) is 5.91 Å². The first kappa shape index (κ1) is 14.3. The molecular weight excluding hydrogens is 271 g/mol. The summed E-state index contributed by atoms with van der Waals surface area (Å²) in [7, 11) is 0. The Hall–Kier alpha value is -2.07. The zero-order chi connectivity index (χ0) is 14.8. The predicted octanol–water partition coefficient (Wildman–Crippen LogP) is 2.27. The monoisotopic (exact) mass is 283 g/mol. The summed E-state index contributed by atoms with van der Waals surface area (Å²) in [4.78, 5) is 11.6. The number of nitrogens with one attached hydrogen (secondary N) is 2. The molecule has 1 aromatic carbocycles. The van der Waals surface area contributed by atoms with E-state index in [1.165, 1.54) is 0 Å². The standard InChI is InChI=1S/C13H12F3N3O/c14-13(15,16)9-1-4-11(8(5-9)6-17)19-12(20)7-18-10-2-3-10/h1,4-5,10,18H,2-3,7H2,(H,19,20). The molecule has 4 nitrogen and oxygen atoms in total. The zero-order valence-electron chi connectivity index (χ0n) is 10.4. The van der Waals surface area contributed by atoms with Crippen molar-refractivity contribution in [3.63, 3.8) is 0 Å². The Morgan fingerprint density at radius 2 is 2.10 bits per heavy atom. The number of rotatable bonds is 4. The Bertz CT molecular complexity index is 559. The highest BCUT2D eigenvalue weighted by molar-refractivity contribution is 5.93. The van der Waals surface area contributed by atoms with Crippen molar-refractivity contribution in [3.05, 3.63) is 29.3 Å². The maximum atomic E-state index is 12.5. The van der Waals surface area contributed by atoms with Crippen LogP contribution in [0.25, 0.3) is 0 Å². The minimum absolute atomic E-state index is 0.0799. The first-order valence-electron chi connectivity index (χ1n) is 6.04. The molecule has 0 aromatic heterocycles. The number of nitriles is 1. The van der Waals surface area contributed by atoms with Gasteiger partial charge in [-0.2, -0.15) is 18.4 Å². The molecule has 0 bridgehead atoms. The van der Waals surface area contributed by atoms with E-state index >= 15 is 0 Å². The van der Waals surface area contributed by atoms with Crippen LogP contribution in [0.15, 0.2) is 18.2 Å². The fourth-order valence-electron chi connectivity index (χ4n) is 1.64. The molecule has 0 aliphatic heterocycles. The van der Waals surface area contributed by atoms with Gasteiger partial charge in [0.1, 0.15) is 6.07 Å². The van der Waals surface area contributed by atoms with E-state index < -0.39 is 11.7 Å². The van der Waals surface area contributed by atoms with Crippen LogP contribution in [0.5, 0.6) is 0 Å². The van der Waals surface area contributed by atoms with Gasteiger partial charge in [-0.3, -0.25) is 4.79 Å². The minimum Gasteiger partial charge on any atom is -0.324 e. The van der Waals surface area contributed by atoms with Gasteiger partial charge in [0.15, 0.2) is 0 Å². The van der Waals surface area contributed by atoms with Gasteiger partial charge in [-0.05, 0) is 31.0 Å². The van der Waals surface area contributed by atoms with Crippen LogP contribution in [0.1, 0.15) is 24.0 Å². The van der Waals surface area contributed by atoms with Crippen molar-refractivity contribution in [1.29, 1.82) is 5.26 Å². The molecule has 0 unspecified atom stereocenters. The van der Waals surface area contributed by atoms with Crippen molar-refractivity contribution < 1.29 is 18.0 Å². The lowest BCUT2D eigenvalue weighted by atomic mass is 10.1. The first-order valence-corrected chi connectivity index (χ1v) is 6.04. The Labute approximate surface area is 113 Å². The summed E-state index contributed by atoms with van der Waals surface area (Å²) in [6, 6.07) is 4.66. The number of hydrogen-bond acceptors (Lipinski definition) is 3. The number of anilines is 1. The number of carbonyl (C=O) groups is 1. The van der Waals surface area contributed by atoms with E-state index in [1.807, 2.05) is 0 Å². The van der Waals surface area contributed by atoms with Gasteiger partial charge < -0.3 is 10.6 Å². The summed E-state index contributed by atoms with van der Waals surface area (Å²) in [5.41, 5.74) is -1.04. The fourth-order valence-corrected chi connectivity index (χ4v) is 1.64. The van der Waals surface area contributed by atoms with Crippen LogP contribution < -0.4 is 10.6 Å². The molecule has 0 radical (unpaired) electrons. The highest BCUT2D eigenvalue weighted by Gasteiger charge is 2.31. The number of carbonyl (C=O) groups excluding carboxylic acids is 1. The molecule has 7 heteroatoms. The molecule has 1 aliphatic rings. The topological polar surface area (TPSA) is 64.9 Å². The molecule has 106 valence electrons. The maximum Gasteiger partial charge on any atom is 0.416 e. The van der Waals surface area contributed by atoms with Crippen molar-refractivity contribution in [2.24, 2.45) is 0 Å². The predicted molar refractivity (Wildman–Crippen MR) is 65.8 cm³/mol. The average Bonchev–Trinajstić information content (AvgIpc) is 3.19. The average molecular weight is 283 g/mol. The summed E-state index contributed by atoms with van der Waals surface area (Å²) >= 11 is 0. The van der Waals surface area contributed by atoms with Gasteiger partial charge in [0, 0.05) is 6.04 Å². The van der Waals surface area contributed by atoms with Crippen LogP contribution in [0.4, 0.5) is 18.9 Å². The number of halogens is 3. The molecular formula is C13H12F3N3O. The number of nitrogens with zero attached hydrogens (tertiary/aromatic N) is 1. The minimum atomic E-state index is -4.51. The summed E-state index contributed by atoms with van der Waals surface area (Å²) in [6.45, 7) is 0.0799. The lowest BCUT2D eigenvalue weighted by molar-refractivity contribution is -0.137. The second kappa shape index (κ2) is 5.51. The lowest BCUT2D eigenvalue weighted by Gasteiger charge is -2.11. The highest BCUT2D eigenvalue weighted by Crippen LogP contribution is 2.31. The van der Waals surface area contributed by atoms with Gasteiger partial charge >= 0.3 is 6.18 Å².